The Morgan fingerprint density at radius 2 is 1.94 bits per heavy atom. The minimum absolute atomic E-state index is 0.346. The van der Waals surface area contributed by atoms with Crippen LogP contribution in [0.4, 0.5) is 0 Å². The molecule has 1 N–H and O–H groups in total. The lowest BCUT2D eigenvalue weighted by atomic mass is 9.71. The number of likely N-dealkylation sites (N-methyl/N-ethyl adjacent to an activating group) is 1. The van der Waals surface area contributed by atoms with Crippen molar-refractivity contribution >= 4 is 0 Å². The largest absolute Gasteiger partial charge is 0.316 e. The molecule has 1 unspecified atom stereocenters. The first-order valence-corrected chi connectivity index (χ1v) is 7.17. The fraction of sp³-hybridized carbons (Fsp3) is 0.529. The van der Waals surface area contributed by atoms with Gasteiger partial charge in [0.05, 0.1) is 0 Å². The van der Waals surface area contributed by atoms with Crippen LogP contribution in [0.2, 0.25) is 0 Å². The van der Waals surface area contributed by atoms with Crippen LogP contribution in [0, 0.1) is 0 Å². The number of hydrogen-bond donors (Lipinski definition) is 1. The first-order chi connectivity index (χ1) is 8.83. The van der Waals surface area contributed by atoms with Crippen LogP contribution in [0.1, 0.15) is 44.1 Å². The summed E-state index contributed by atoms with van der Waals surface area (Å²) < 4.78 is 0. The van der Waals surface area contributed by atoms with Crippen LogP contribution in [0.5, 0.6) is 0 Å². The van der Waals surface area contributed by atoms with Gasteiger partial charge in [-0.1, -0.05) is 49.2 Å². The van der Waals surface area contributed by atoms with E-state index in [0.29, 0.717) is 11.5 Å². The Morgan fingerprint density at radius 1 is 1.28 bits per heavy atom. The van der Waals surface area contributed by atoms with Gasteiger partial charge in [-0.3, -0.25) is 0 Å². The van der Waals surface area contributed by atoms with Gasteiger partial charge in [-0.15, -0.1) is 6.58 Å². The van der Waals surface area contributed by atoms with Gasteiger partial charge in [-0.25, -0.2) is 0 Å². The molecule has 1 aromatic rings. The monoisotopic (exact) mass is 243 g/mol. The minimum atomic E-state index is 0.346. The molecule has 0 amide bonds. The highest BCUT2D eigenvalue weighted by Gasteiger charge is 2.41. The summed E-state index contributed by atoms with van der Waals surface area (Å²) in [6.45, 7) is 3.86. The summed E-state index contributed by atoms with van der Waals surface area (Å²) in [6.07, 6.45) is 9.69. The van der Waals surface area contributed by atoms with E-state index in [-0.39, 0.29) is 0 Å². The number of hydrogen-bond acceptors (Lipinski definition) is 1. The van der Waals surface area contributed by atoms with E-state index in [0.717, 1.165) is 6.42 Å². The number of benzene rings is 1. The van der Waals surface area contributed by atoms with Crippen LogP contribution in [-0.4, -0.2) is 13.1 Å². The van der Waals surface area contributed by atoms with Gasteiger partial charge in [0.25, 0.3) is 0 Å². The van der Waals surface area contributed by atoms with Gasteiger partial charge in [-0.05, 0) is 38.3 Å². The van der Waals surface area contributed by atoms with Gasteiger partial charge in [-0.2, -0.15) is 0 Å². The SMILES string of the molecule is C=CCCC(NC)C1(c2ccccc2)CCCC1. The molecular weight excluding hydrogens is 218 g/mol. The van der Waals surface area contributed by atoms with Crippen molar-refractivity contribution in [2.75, 3.05) is 7.05 Å². The Bertz CT molecular complexity index is 362. The number of nitrogens with one attached hydrogen (secondary N) is 1. The van der Waals surface area contributed by atoms with Crippen molar-refractivity contribution in [3.63, 3.8) is 0 Å². The third-order valence-electron chi connectivity index (χ3n) is 4.52. The predicted octanol–water partition coefficient (Wildman–Crippen LogP) is 4.05. The van der Waals surface area contributed by atoms with Crippen molar-refractivity contribution in [2.24, 2.45) is 0 Å². The first kappa shape index (κ1) is 13.4. The molecule has 1 heteroatoms. The molecule has 1 saturated carbocycles. The molecule has 1 aromatic carbocycles. The molecule has 0 aliphatic heterocycles. The van der Waals surface area contributed by atoms with E-state index in [1.165, 1.54) is 37.7 Å². The molecule has 1 nitrogen and oxygen atoms in total. The average Bonchev–Trinajstić information content (AvgIpc) is 2.91. The fourth-order valence-corrected chi connectivity index (χ4v) is 3.60. The summed E-state index contributed by atoms with van der Waals surface area (Å²) in [5.74, 6) is 0. The van der Waals surface area contributed by atoms with Crippen LogP contribution in [0.25, 0.3) is 0 Å². The summed E-state index contributed by atoms with van der Waals surface area (Å²) in [4.78, 5) is 0. The van der Waals surface area contributed by atoms with E-state index in [2.05, 4.69) is 49.3 Å². The number of allylic oxidation sites excluding steroid dienone is 1. The third kappa shape index (κ3) is 2.51. The van der Waals surface area contributed by atoms with E-state index in [9.17, 15) is 0 Å². The highest BCUT2D eigenvalue weighted by molar-refractivity contribution is 5.29. The molecule has 0 spiro atoms. The summed E-state index contributed by atoms with van der Waals surface area (Å²) >= 11 is 0. The lowest BCUT2D eigenvalue weighted by molar-refractivity contribution is 0.296. The highest BCUT2D eigenvalue weighted by atomic mass is 14.9. The van der Waals surface area contributed by atoms with E-state index in [1.807, 2.05) is 6.08 Å². The van der Waals surface area contributed by atoms with Crippen LogP contribution in [0.15, 0.2) is 43.0 Å². The first-order valence-electron chi connectivity index (χ1n) is 7.17. The maximum atomic E-state index is 3.86. The maximum Gasteiger partial charge on any atom is 0.0164 e. The highest BCUT2D eigenvalue weighted by Crippen LogP contribution is 2.44. The molecule has 1 aliphatic carbocycles. The zero-order valence-corrected chi connectivity index (χ0v) is 11.5. The van der Waals surface area contributed by atoms with E-state index < -0.39 is 0 Å². The molecule has 1 aliphatic rings. The second kappa shape index (κ2) is 6.19. The number of rotatable bonds is 6. The van der Waals surface area contributed by atoms with Crippen LogP contribution >= 0.6 is 0 Å². The van der Waals surface area contributed by atoms with Gasteiger partial charge < -0.3 is 5.32 Å². The van der Waals surface area contributed by atoms with E-state index in [4.69, 9.17) is 0 Å². The molecule has 0 aromatic heterocycles. The molecule has 1 atom stereocenters. The van der Waals surface area contributed by atoms with Crippen LogP contribution in [0.3, 0.4) is 0 Å². The molecule has 0 heterocycles. The van der Waals surface area contributed by atoms with Gasteiger partial charge in [0, 0.05) is 11.5 Å². The Labute approximate surface area is 111 Å². The van der Waals surface area contributed by atoms with Gasteiger partial charge in [0.2, 0.25) is 0 Å². The lowest BCUT2D eigenvalue weighted by Crippen LogP contribution is -2.45. The Hall–Kier alpha value is -1.08. The molecule has 0 bridgehead atoms. The smallest absolute Gasteiger partial charge is 0.0164 e. The molecule has 0 radical (unpaired) electrons. The third-order valence-corrected chi connectivity index (χ3v) is 4.52. The summed E-state index contributed by atoms with van der Waals surface area (Å²) in [5, 5.41) is 3.57. The van der Waals surface area contributed by atoms with Gasteiger partial charge in [0.15, 0.2) is 0 Å². The Balaban J connectivity index is 2.28. The summed E-state index contributed by atoms with van der Waals surface area (Å²) in [5.41, 5.74) is 1.87. The zero-order valence-electron chi connectivity index (χ0n) is 11.5. The van der Waals surface area contributed by atoms with Crippen molar-refractivity contribution in [3.05, 3.63) is 48.6 Å². The molecule has 18 heavy (non-hydrogen) atoms. The van der Waals surface area contributed by atoms with Gasteiger partial charge in [0.1, 0.15) is 0 Å². The normalized spacial score (nSPS) is 19.6. The minimum Gasteiger partial charge on any atom is -0.316 e. The van der Waals surface area contributed by atoms with E-state index in [1.54, 1.807) is 0 Å². The molecule has 2 rings (SSSR count). The molecular formula is C17H25N. The van der Waals surface area contributed by atoms with Crippen molar-refractivity contribution < 1.29 is 0 Å². The van der Waals surface area contributed by atoms with Crippen molar-refractivity contribution in [3.8, 4) is 0 Å². The van der Waals surface area contributed by atoms with Gasteiger partial charge >= 0.3 is 0 Å². The molecule has 98 valence electrons. The summed E-state index contributed by atoms with van der Waals surface area (Å²) in [7, 11) is 2.11. The van der Waals surface area contributed by atoms with Crippen LogP contribution in [-0.2, 0) is 5.41 Å². The topological polar surface area (TPSA) is 12.0 Å². The second-order valence-corrected chi connectivity index (χ2v) is 5.44. The molecule has 0 saturated heterocycles. The van der Waals surface area contributed by atoms with Crippen molar-refractivity contribution in [1.29, 1.82) is 0 Å². The lowest BCUT2D eigenvalue weighted by Gasteiger charge is -2.38. The van der Waals surface area contributed by atoms with E-state index >= 15 is 0 Å². The second-order valence-electron chi connectivity index (χ2n) is 5.44. The predicted molar refractivity (Wildman–Crippen MR) is 78.9 cm³/mol. The standard InChI is InChI=1S/C17H25N/c1-3-4-12-16(18-2)17(13-8-9-14-17)15-10-6-5-7-11-15/h3,5-7,10-11,16,18H,1,4,8-9,12-14H2,2H3. The van der Waals surface area contributed by atoms with Crippen molar-refractivity contribution in [2.45, 2.75) is 50.0 Å². The fourth-order valence-electron chi connectivity index (χ4n) is 3.60. The zero-order chi connectivity index (χ0) is 12.8. The Kier molecular flexibility index (Phi) is 4.60. The quantitative estimate of drug-likeness (QED) is 0.743. The molecule has 1 fully saturated rings. The maximum absolute atomic E-state index is 3.86. The van der Waals surface area contributed by atoms with Crippen LogP contribution < -0.4 is 5.32 Å². The average molecular weight is 243 g/mol. The van der Waals surface area contributed by atoms with Crippen molar-refractivity contribution in [1.82, 2.24) is 5.32 Å². The Morgan fingerprint density at radius 3 is 2.50 bits per heavy atom. The summed E-state index contributed by atoms with van der Waals surface area (Å²) in [6, 6.07) is 11.7.